The lowest BCUT2D eigenvalue weighted by atomic mass is 10.0. The summed E-state index contributed by atoms with van der Waals surface area (Å²) >= 11 is 0. The molecule has 6 nitrogen and oxygen atoms in total. The van der Waals surface area contributed by atoms with E-state index in [-0.39, 0.29) is 29.4 Å². The number of ether oxygens (including phenoxy) is 2. The largest absolute Gasteiger partial charge is 0.482 e. The number of halogens is 4. The molecule has 0 saturated heterocycles. The molecule has 142 valence electrons. The van der Waals surface area contributed by atoms with Crippen LogP contribution in [0.3, 0.4) is 0 Å². The van der Waals surface area contributed by atoms with E-state index in [1.54, 1.807) is 13.8 Å². The van der Waals surface area contributed by atoms with E-state index in [4.69, 9.17) is 10.5 Å². The summed E-state index contributed by atoms with van der Waals surface area (Å²) in [6.07, 6.45) is -4.57. The smallest absolute Gasteiger partial charge is 0.422 e. The highest BCUT2D eigenvalue weighted by atomic mass is 35.5. The molecule has 2 unspecified atom stereocenters. The van der Waals surface area contributed by atoms with Crippen LogP contribution in [0.5, 0.6) is 5.75 Å². The number of hydrogen-bond donors (Lipinski definition) is 2. The molecule has 0 bridgehead atoms. The number of hydrogen-bond acceptors (Lipinski definition) is 5. The van der Waals surface area contributed by atoms with Gasteiger partial charge in [0.25, 0.3) is 0 Å². The number of rotatable bonds is 6. The van der Waals surface area contributed by atoms with Gasteiger partial charge in [-0.1, -0.05) is 6.92 Å². The summed E-state index contributed by atoms with van der Waals surface area (Å²) in [6.45, 7) is 1.65. The summed E-state index contributed by atoms with van der Waals surface area (Å²) in [5, 5.41) is 2.45. The van der Waals surface area contributed by atoms with Crippen molar-refractivity contribution >= 4 is 30.0 Å². The number of alkyl halides is 3. The maximum Gasteiger partial charge on any atom is 0.422 e. The first kappa shape index (κ1) is 23.0. The maximum atomic E-state index is 12.4. The van der Waals surface area contributed by atoms with E-state index in [0.717, 1.165) is 13.2 Å². The fourth-order valence-corrected chi connectivity index (χ4v) is 1.63. The van der Waals surface area contributed by atoms with Gasteiger partial charge in [-0.05, 0) is 25.1 Å². The van der Waals surface area contributed by atoms with Crippen LogP contribution in [-0.2, 0) is 9.53 Å². The molecule has 1 aromatic carbocycles. The van der Waals surface area contributed by atoms with Crippen molar-refractivity contribution in [2.75, 3.05) is 19.0 Å². The molecule has 10 heteroatoms. The average Bonchev–Trinajstić information content (AvgIpc) is 2.51. The van der Waals surface area contributed by atoms with Gasteiger partial charge in [-0.25, -0.2) is 4.79 Å². The lowest BCUT2D eigenvalue weighted by Crippen LogP contribution is -2.34. The topological polar surface area (TPSA) is 90.7 Å². The molecule has 0 radical (unpaired) electrons. The summed E-state index contributed by atoms with van der Waals surface area (Å²) in [5.74, 6) is -2.08. The van der Waals surface area contributed by atoms with Crippen LogP contribution in [0.1, 0.15) is 24.2 Å². The Morgan fingerprint density at radius 2 is 1.88 bits per heavy atom. The number of nitrogens with two attached hydrogens (primary N) is 1. The molecule has 0 aliphatic carbocycles. The summed E-state index contributed by atoms with van der Waals surface area (Å²) < 4.78 is 46.3. The minimum absolute atomic E-state index is 0. The molecule has 0 aliphatic rings. The Labute approximate surface area is 149 Å². The summed E-state index contributed by atoms with van der Waals surface area (Å²) in [6, 6.07) is 3.20. The van der Waals surface area contributed by atoms with Crippen molar-refractivity contribution in [2.24, 2.45) is 11.7 Å². The average molecular weight is 385 g/mol. The van der Waals surface area contributed by atoms with Gasteiger partial charge in [-0.3, -0.25) is 4.79 Å². The van der Waals surface area contributed by atoms with Gasteiger partial charge in [0, 0.05) is 6.04 Å². The molecular formula is C15H20ClF3N2O4. The van der Waals surface area contributed by atoms with Crippen molar-refractivity contribution in [1.82, 2.24) is 0 Å². The predicted octanol–water partition coefficient (Wildman–Crippen LogP) is 2.76. The zero-order valence-electron chi connectivity index (χ0n) is 13.8. The molecule has 1 rings (SSSR count). The second-order valence-electron chi connectivity index (χ2n) is 5.24. The van der Waals surface area contributed by atoms with Gasteiger partial charge in [0.1, 0.15) is 5.75 Å². The number of amides is 1. The van der Waals surface area contributed by atoms with Gasteiger partial charge < -0.3 is 20.5 Å². The first-order valence-corrected chi connectivity index (χ1v) is 7.03. The number of nitrogens with one attached hydrogen (secondary N) is 1. The molecule has 2 atom stereocenters. The molecule has 3 N–H and O–H groups in total. The number of esters is 1. The molecule has 0 fully saturated rings. The quantitative estimate of drug-likeness (QED) is 0.736. The van der Waals surface area contributed by atoms with Crippen molar-refractivity contribution in [1.29, 1.82) is 0 Å². The number of anilines is 1. The van der Waals surface area contributed by atoms with Crippen LogP contribution in [0.15, 0.2) is 18.2 Å². The van der Waals surface area contributed by atoms with Gasteiger partial charge in [0.15, 0.2) is 6.61 Å². The Morgan fingerprint density at radius 1 is 1.28 bits per heavy atom. The van der Waals surface area contributed by atoms with E-state index in [2.05, 4.69) is 10.1 Å². The second-order valence-corrected chi connectivity index (χ2v) is 5.24. The minimum atomic E-state index is -4.57. The highest BCUT2D eigenvalue weighted by Gasteiger charge is 2.29. The molecule has 1 aromatic rings. The number of carbonyl (C=O) groups is 2. The molecule has 0 aromatic heterocycles. The van der Waals surface area contributed by atoms with E-state index >= 15 is 0 Å². The van der Waals surface area contributed by atoms with Crippen LogP contribution in [-0.4, -0.2) is 37.8 Å². The monoisotopic (exact) mass is 384 g/mol. The maximum absolute atomic E-state index is 12.4. The molecule has 0 spiro atoms. The van der Waals surface area contributed by atoms with Gasteiger partial charge in [0.05, 0.1) is 24.3 Å². The Morgan fingerprint density at radius 3 is 2.36 bits per heavy atom. The Hall–Kier alpha value is -2.00. The third-order valence-electron chi connectivity index (χ3n) is 3.25. The SMILES string of the molecule is COC(=O)c1ccc(NC(=O)C(C)C(C)N)c(OCC(F)(F)F)c1.Cl. The molecule has 0 heterocycles. The Balaban J connectivity index is 0.00000576. The Kier molecular flexibility index (Phi) is 8.72. The van der Waals surface area contributed by atoms with Gasteiger partial charge in [0.2, 0.25) is 5.91 Å². The van der Waals surface area contributed by atoms with Gasteiger partial charge in [-0.15, -0.1) is 12.4 Å². The van der Waals surface area contributed by atoms with Gasteiger partial charge in [-0.2, -0.15) is 13.2 Å². The summed E-state index contributed by atoms with van der Waals surface area (Å²) in [7, 11) is 1.14. The Bertz CT molecular complexity index is 609. The van der Waals surface area contributed by atoms with E-state index in [1.165, 1.54) is 12.1 Å². The second kappa shape index (κ2) is 9.47. The van der Waals surface area contributed by atoms with Crippen molar-refractivity contribution < 1.29 is 32.2 Å². The van der Waals surface area contributed by atoms with E-state index in [9.17, 15) is 22.8 Å². The van der Waals surface area contributed by atoms with Crippen molar-refractivity contribution in [3.63, 3.8) is 0 Å². The zero-order chi connectivity index (χ0) is 18.5. The molecular weight excluding hydrogens is 365 g/mol. The standard InChI is InChI=1S/C15H19F3N2O4.ClH/c1-8(9(2)19)13(21)20-11-5-4-10(14(22)23-3)6-12(11)24-7-15(16,17)18;/h4-6,8-9H,7,19H2,1-3H3,(H,20,21);1H. The highest BCUT2D eigenvalue weighted by molar-refractivity contribution is 5.96. The number of benzene rings is 1. The molecule has 0 aliphatic heterocycles. The molecule has 0 saturated carbocycles. The lowest BCUT2D eigenvalue weighted by molar-refractivity contribution is -0.153. The first-order valence-electron chi connectivity index (χ1n) is 7.03. The third-order valence-corrected chi connectivity index (χ3v) is 3.25. The van der Waals surface area contributed by atoms with Gasteiger partial charge >= 0.3 is 12.1 Å². The van der Waals surface area contributed by atoms with E-state index in [0.29, 0.717) is 0 Å². The molecule has 1 amide bonds. The predicted molar refractivity (Wildman–Crippen MR) is 88.0 cm³/mol. The molecule has 25 heavy (non-hydrogen) atoms. The highest BCUT2D eigenvalue weighted by Crippen LogP contribution is 2.29. The van der Waals surface area contributed by atoms with Crippen molar-refractivity contribution in [2.45, 2.75) is 26.1 Å². The summed E-state index contributed by atoms with van der Waals surface area (Å²) in [5.41, 5.74) is 5.62. The summed E-state index contributed by atoms with van der Waals surface area (Å²) in [4.78, 5) is 23.5. The van der Waals surface area contributed by atoms with Crippen LogP contribution < -0.4 is 15.8 Å². The first-order chi connectivity index (χ1) is 11.0. The van der Waals surface area contributed by atoms with Crippen LogP contribution in [0, 0.1) is 5.92 Å². The number of carbonyl (C=O) groups excluding carboxylic acids is 2. The lowest BCUT2D eigenvalue weighted by Gasteiger charge is -2.18. The van der Waals surface area contributed by atoms with Crippen molar-refractivity contribution in [3.8, 4) is 5.75 Å². The van der Waals surface area contributed by atoms with Crippen LogP contribution in [0.25, 0.3) is 0 Å². The normalized spacial score (nSPS) is 13.2. The van der Waals surface area contributed by atoms with Crippen LogP contribution >= 0.6 is 12.4 Å². The van der Waals surface area contributed by atoms with E-state index < -0.39 is 36.6 Å². The minimum Gasteiger partial charge on any atom is -0.482 e. The fourth-order valence-electron chi connectivity index (χ4n) is 1.63. The van der Waals surface area contributed by atoms with Crippen LogP contribution in [0.2, 0.25) is 0 Å². The zero-order valence-corrected chi connectivity index (χ0v) is 14.7. The number of methoxy groups -OCH3 is 1. The van der Waals surface area contributed by atoms with Crippen molar-refractivity contribution in [3.05, 3.63) is 23.8 Å². The van der Waals surface area contributed by atoms with E-state index in [1.807, 2.05) is 0 Å². The fraction of sp³-hybridized carbons (Fsp3) is 0.467. The third kappa shape index (κ3) is 7.18. The van der Waals surface area contributed by atoms with Crippen LogP contribution in [0.4, 0.5) is 18.9 Å².